The van der Waals surface area contributed by atoms with E-state index < -0.39 is 15.9 Å². The molecule has 8 heteroatoms. The van der Waals surface area contributed by atoms with E-state index in [1.165, 1.54) is 13.1 Å². The van der Waals surface area contributed by atoms with E-state index in [1.54, 1.807) is 18.2 Å². The van der Waals surface area contributed by atoms with Gasteiger partial charge in [0.25, 0.3) is 0 Å². The van der Waals surface area contributed by atoms with Crippen molar-refractivity contribution >= 4 is 32.7 Å². The maximum atomic E-state index is 13.1. The Kier molecular flexibility index (Phi) is 6.07. The molecule has 0 radical (unpaired) electrons. The van der Waals surface area contributed by atoms with Crippen LogP contribution < -0.4 is 5.32 Å². The van der Waals surface area contributed by atoms with Crippen LogP contribution in [0.15, 0.2) is 77.7 Å². The van der Waals surface area contributed by atoms with Crippen LogP contribution in [0.2, 0.25) is 0 Å². The van der Waals surface area contributed by atoms with Crippen molar-refractivity contribution in [2.45, 2.75) is 18.2 Å². The fourth-order valence-corrected chi connectivity index (χ4v) is 4.57. The van der Waals surface area contributed by atoms with Crippen LogP contribution in [0.25, 0.3) is 22.4 Å². The number of H-pyrrole nitrogens is 1. The number of aromatic amines is 1. The van der Waals surface area contributed by atoms with Gasteiger partial charge in [0.1, 0.15) is 5.82 Å². The van der Waals surface area contributed by atoms with Gasteiger partial charge in [0, 0.05) is 18.3 Å². The predicted molar refractivity (Wildman–Crippen MR) is 126 cm³/mol. The third kappa shape index (κ3) is 4.56. The highest BCUT2D eigenvalue weighted by Crippen LogP contribution is 2.24. The maximum absolute atomic E-state index is 13.1. The number of nitrogens with one attached hydrogen (secondary N) is 2. The standard InChI is InChI=1S/C24H24N4O3S/c1-3-17-8-7-11-19(14-17)25-23(29)16-28(2)32(30,31)20-12-13-21-22(15-20)27-24(26-21)18-9-5-4-6-10-18/h4-15H,3,16H2,1-2H3,(H,25,29)(H,26,27). The quantitative estimate of drug-likeness (QED) is 0.446. The summed E-state index contributed by atoms with van der Waals surface area (Å²) in [6.07, 6.45) is 0.847. The second-order valence-corrected chi connectivity index (χ2v) is 9.54. The van der Waals surface area contributed by atoms with E-state index in [1.807, 2.05) is 55.5 Å². The molecule has 2 N–H and O–H groups in total. The first-order valence-corrected chi connectivity index (χ1v) is 11.7. The number of rotatable bonds is 7. The molecule has 0 aliphatic carbocycles. The van der Waals surface area contributed by atoms with Crippen LogP contribution in [0.3, 0.4) is 0 Å². The smallest absolute Gasteiger partial charge is 0.243 e. The first kappa shape index (κ1) is 21.7. The van der Waals surface area contributed by atoms with E-state index in [2.05, 4.69) is 15.3 Å². The molecule has 0 fully saturated rings. The molecule has 1 amide bonds. The molecule has 4 aromatic rings. The number of carbonyl (C=O) groups excluding carboxylic acids is 1. The van der Waals surface area contributed by atoms with Gasteiger partial charge in [-0.05, 0) is 42.3 Å². The molecule has 1 heterocycles. The summed E-state index contributed by atoms with van der Waals surface area (Å²) in [4.78, 5) is 20.2. The monoisotopic (exact) mass is 448 g/mol. The molecule has 0 bridgehead atoms. The number of aryl methyl sites for hydroxylation is 1. The van der Waals surface area contributed by atoms with E-state index in [9.17, 15) is 13.2 Å². The maximum Gasteiger partial charge on any atom is 0.243 e. The Balaban J connectivity index is 1.52. The van der Waals surface area contributed by atoms with Gasteiger partial charge in [0.2, 0.25) is 15.9 Å². The van der Waals surface area contributed by atoms with Gasteiger partial charge in [-0.25, -0.2) is 13.4 Å². The lowest BCUT2D eigenvalue weighted by Gasteiger charge is -2.17. The molecule has 0 aliphatic heterocycles. The van der Waals surface area contributed by atoms with E-state index in [-0.39, 0.29) is 11.4 Å². The third-order valence-electron chi connectivity index (χ3n) is 5.19. The molecule has 0 unspecified atom stereocenters. The fraction of sp³-hybridized carbons (Fsp3) is 0.167. The first-order chi connectivity index (χ1) is 15.4. The zero-order valence-corrected chi connectivity index (χ0v) is 18.7. The Bertz CT molecular complexity index is 1360. The van der Waals surface area contributed by atoms with E-state index >= 15 is 0 Å². The predicted octanol–water partition coefficient (Wildman–Crippen LogP) is 4.05. The normalized spacial score (nSPS) is 11.7. The number of carbonyl (C=O) groups is 1. The largest absolute Gasteiger partial charge is 0.338 e. The van der Waals surface area contributed by atoms with Gasteiger partial charge in [-0.2, -0.15) is 4.31 Å². The molecular weight excluding hydrogens is 424 g/mol. The van der Waals surface area contributed by atoms with Crippen LogP contribution in [0.1, 0.15) is 12.5 Å². The topological polar surface area (TPSA) is 95.2 Å². The van der Waals surface area contributed by atoms with Crippen LogP contribution in [0.5, 0.6) is 0 Å². The SMILES string of the molecule is CCc1cccc(NC(=O)CN(C)S(=O)(=O)c2ccc3nc(-c4ccccc4)[nH]c3c2)c1. The first-order valence-electron chi connectivity index (χ1n) is 10.3. The van der Waals surface area contributed by atoms with Crippen LogP contribution in [-0.4, -0.2) is 42.2 Å². The van der Waals surface area contributed by atoms with Crippen LogP contribution in [0.4, 0.5) is 5.69 Å². The van der Waals surface area contributed by atoms with E-state index in [0.29, 0.717) is 22.5 Å². The second kappa shape index (κ2) is 8.94. The van der Waals surface area contributed by atoms with Gasteiger partial charge >= 0.3 is 0 Å². The lowest BCUT2D eigenvalue weighted by Crippen LogP contribution is -2.35. The number of imidazole rings is 1. The van der Waals surface area contributed by atoms with Gasteiger partial charge in [0.15, 0.2) is 0 Å². The summed E-state index contributed by atoms with van der Waals surface area (Å²) in [7, 11) is -2.47. The Morgan fingerprint density at radius 3 is 2.56 bits per heavy atom. The van der Waals surface area contributed by atoms with Crippen LogP contribution >= 0.6 is 0 Å². The van der Waals surface area contributed by atoms with Crippen LogP contribution in [0, 0.1) is 0 Å². The van der Waals surface area contributed by atoms with Gasteiger partial charge in [-0.1, -0.05) is 49.4 Å². The minimum absolute atomic E-state index is 0.0940. The van der Waals surface area contributed by atoms with Gasteiger partial charge in [-0.15, -0.1) is 0 Å². The molecule has 4 rings (SSSR count). The Labute approximate surface area is 187 Å². The highest BCUT2D eigenvalue weighted by atomic mass is 32.2. The van der Waals surface area contributed by atoms with E-state index in [4.69, 9.17) is 0 Å². The van der Waals surface area contributed by atoms with Crippen molar-refractivity contribution < 1.29 is 13.2 Å². The number of fused-ring (bicyclic) bond motifs is 1. The molecule has 3 aromatic carbocycles. The number of aromatic nitrogens is 2. The molecule has 0 saturated carbocycles. The number of nitrogens with zero attached hydrogens (tertiary/aromatic N) is 2. The number of anilines is 1. The minimum Gasteiger partial charge on any atom is -0.338 e. The highest BCUT2D eigenvalue weighted by Gasteiger charge is 2.24. The molecule has 0 aliphatic rings. The molecule has 7 nitrogen and oxygen atoms in total. The Hall–Kier alpha value is -3.49. The molecule has 32 heavy (non-hydrogen) atoms. The van der Waals surface area contributed by atoms with Gasteiger partial charge in [0.05, 0.1) is 22.5 Å². The fourth-order valence-electron chi connectivity index (χ4n) is 3.42. The van der Waals surface area contributed by atoms with Crippen molar-refractivity contribution in [3.05, 3.63) is 78.4 Å². The molecule has 1 aromatic heterocycles. The summed E-state index contributed by atoms with van der Waals surface area (Å²) in [5, 5.41) is 2.76. The van der Waals surface area contributed by atoms with Crippen LogP contribution in [-0.2, 0) is 21.2 Å². The second-order valence-electron chi connectivity index (χ2n) is 7.49. The summed E-state index contributed by atoms with van der Waals surface area (Å²) >= 11 is 0. The average Bonchev–Trinajstić information content (AvgIpc) is 3.23. The summed E-state index contributed by atoms with van der Waals surface area (Å²) < 4.78 is 27.1. The van der Waals surface area contributed by atoms with Gasteiger partial charge in [-0.3, -0.25) is 4.79 Å². The van der Waals surface area contributed by atoms with Gasteiger partial charge < -0.3 is 10.3 Å². The number of hydrogen-bond acceptors (Lipinski definition) is 4. The lowest BCUT2D eigenvalue weighted by atomic mass is 10.1. The van der Waals surface area contributed by atoms with Crippen molar-refractivity contribution in [3.63, 3.8) is 0 Å². The van der Waals surface area contributed by atoms with Crippen molar-refractivity contribution in [2.24, 2.45) is 0 Å². The Morgan fingerprint density at radius 2 is 1.81 bits per heavy atom. The highest BCUT2D eigenvalue weighted by molar-refractivity contribution is 7.89. The molecule has 164 valence electrons. The number of benzene rings is 3. The molecular formula is C24H24N4O3S. The number of amides is 1. The molecule has 0 atom stereocenters. The average molecular weight is 449 g/mol. The van der Waals surface area contributed by atoms with Crippen molar-refractivity contribution in [1.82, 2.24) is 14.3 Å². The Morgan fingerprint density at radius 1 is 1.03 bits per heavy atom. The molecule has 0 saturated heterocycles. The van der Waals surface area contributed by atoms with Crippen molar-refractivity contribution in [3.8, 4) is 11.4 Å². The molecule has 0 spiro atoms. The zero-order chi connectivity index (χ0) is 22.7. The third-order valence-corrected chi connectivity index (χ3v) is 6.99. The summed E-state index contributed by atoms with van der Waals surface area (Å²) in [5.41, 5.74) is 3.92. The van der Waals surface area contributed by atoms with Crippen molar-refractivity contribution in [2.75, 3.05) is 18.9 Å². The van der Waals surface area contributed by atoms with Crippen molar-refractivity contribution in [1.29, 1.82) is 0 Å². The summed E-state index contributed by atoms with van der Waals surface area (Å²) in [6.45, 7) is 1.73. The number of hydrogen-bond donors (Lipinski definition) is 2. The van der Waals surface area contributed by atoms with E-state index in [0.717, 1.165) is 21.9 Å². The minimum atomic E-state index is -3.86. The number of likely N-dealkylation sites (N-methyl/N-ethyl adjacent to an activating group) is 1. The zero-order valence-electron chi connectivity index (χ0n) is 17.9. The summed E-state index contributed by atoms with van der Waals surface area (Å²) in [6, 6.07) is 21.8. The summed E-state index contributed by atoms with van der Waals surface area (Å²) in [5.74, 6) is 0.260. The lowest BCUT2D eigenvalue weighted by molar-refractivity contribution is -0.116. The number of sulfonamides is 1.